The van der Waals surface area contributed by atoms with Crippen molar-refractivity contribution in [2.45, 2.75) is 0 Å². The predicted molar refractivity (Wildman–Crippen MR) is 122 cm³/mol. The molecule has 4 rings (SSSR count). The number of carbonyl (C=O) groups excluding carboxylic acids is 2. The summed E-state index contributed by atoms with van der Waals surface area (Å²) in [6.45, 7) is 6.17. The third-order valence-corrected chi connectivity index (χ3v) is 5.64. The Morgan fingerprint density at radius 3 is 2.44 bits per heavy atom. The van der Waals surface area contributed by atoms with E-state index in [2.05, 4.69) is 21.4 Å². The van der Waals surface area contributed by atoms with E-state index in [1.54, 1.807) is 4.90 Å². The number of rotatable bonds is 6. The number of Topliss-reactive ketones (excluding diaryl/α,β-unsaturated/α-hetero) is 1. The number of nitrogens with zero attached hydrogens (tertiary/aromatic N) is 3. The van der Waals surface area contributed by atoms with Gasteiger partial charge in [0.15, 0.2) is 0 Å². The minimum absolute atomic E-state index is 0.169. The number of nitrogen functional groups attached to an aromatic ring is 1. The highest BCUT2D eigenvalue weighted by molar-refractivity contribution is 6.45. The summed E-state index contributed by atoms with van der Waals surface area (Å²) in [7, 11) is 1.45. The van der Waals surface area contributed by atoms with Crippen molar-refractivity contribution in [2.75, 3.05) is 33.3 Å². The molecular formula is C23H24N6O3. The summed E-state index contributed by atoms with van der Waals surface area (Å²) in [6, 6.07) is 9.87. The van der Waals surface area contributed by atoms with Gasteiger partial charge in [-0.2, -0.15) is 0 Å². The monoisotopic (exact) mass is 432 g/mol. The number of amides is 1. The number of pyridine rings is 1. The zero-order valence-electron chi connectivity index (χ0n) is 17.7. The first-order valence-corrected chi connectivity index (χ1v) is 10.1. The Bertz CT molecular complexity index is 1210. The molecule has 9 nitrogen and oxygen atoms in total. The van der Waals surface area contributed by atoms with Gasteiger partial charge >= 0.3 is 0 Å². The molecule has 1 aliphatic heterocycles. The second-order valence-electron chi connectivity index (χ2n) is 7.46. The molecule has 0 radical (unpaired) electrons. The van der Waals surface area contributed by atoms with Crippen LogP contribution in [0.15, 0.2) is 49.3 Å². The topological polar surface area (TPSA) is 128 Å². The van der Waals surface area contributed by atoms with Crippen LogP contribution in [0.4, 0.5) is 0 Å². The van der Waals surface area contributed by atoms with Crippen molar-refractivity contribution in [3.05, 3.63) is 66.1 Å². The summed E-state index contributed by atoms with van der Waals surface area (Å²) < 4.78 is 5.33. The van der Waals surface area contributed by atoms with Gasteiger partial charge in [-0.25, -0.2) is 4.98 Å². The van der Waals surface area contributed by atoms with E-state index in [1.807, 2.05) is 30.3 Å². The van der Waals surface area contributed by atoms with E-state index in [0.29, 0.717) is 42.8 Å². The number of hydrogen-bond acceptors (Lipinski definition) is 6. The van der Waals surface area contributed by atoms with Crippen molar-refractivity contribution >= 4 is 34.1 Å². The van der Waals surface area contributed by atoms with Crippen LogP contribution < -0.4 is 10.5 Å². The molecule has 0 atom stereocenters. The molecule has 9 heteroatoms. The van der Waals surface area contributed by atoms with Gasteiger partial charge in [0.2, 0.25) is 0 Å². The van der Waals surface area contributed by atoms with E-state index in [1.165, 1.54) is 19.5 Å². The lowest BCUT2D eigenvalue weighted by atomic mass is 10.1. The molecular weight excluding hydrogens is 408 g/mol. The molecule has 0 bridgehead atoms. The van der Waals surface area contributed by atoms with Crippen molar-refractivity contribution in [1.82, 2.24) is 19.8 Å². The lowest BCUT2D eigenvalue weighted by molar-refractivity contribution is -0.127. The fraction of sp³-hybridized carbons (Fsp3) is 0.217. The van der Waals surface area contributed by atoms with Gasteiger partial charge in [-0.1, -0.05) is 36.9 Å². The molecule has 3 aromatic rings. The number of fused-ring (bicyclic) bond motifs is 1. The highest BCUT2D eigenvalue weighted by Gasteiger charge is 2.30. The molecule has 1 aliphatic rings. The van der Waals surface area contributed by atoms with Gasteiger partial charge in [-0.05, 0) is 5.56 Å². The van der Waals surface area contributed by atoms with Gasteiger partial charge in [0.1, 0.15) is 17.3 Å². The van der Waals surface area contributed by atoms with Crippen LogP contribution in [0, 0.1) is 5.41 Å². The van der Waals surface area contributed by atoms with Crippen molar-refractivity contribution in [3.63, 3.8) is 0 Å². The fourth-order valence-corrected chi connectivity index (χ4v) is 3.91. The fourth-order valence-electron chi connectivity index (χ4n) is 3.91. The van der Waals surface area contributed by atoms with Crippen LogP contribution in [0.5, 0.6) is 5.75 Å². The maximum Gasteiger partial charge on any atom is 0.295 e. The van der Waals surface area contributed by atoms with Gasteiger partial charge in [0, 0.05) is 38.1 Å². The van der Waals surface area contributed by atoms with Crippen LogP contribution in [-0.4, -0.2) is 70.6 Å². The number of ether oxygens (including phenoxy) is 1. The Morgan fingerprint density at radius 1 is 1.16 bits per heavy atom. The molecule has 1 aromatic carbocycles. The van der Waals surface area contributed by atoms with Crippen molar-refractivity contribution in [3.8, 4) is 5.75 Å². The van der Waals surface area contributed by atoms with Crippen LogP contribution in [-0.2, 0) is 4.79 Å². The van der Waals surface area contributed by atoms with Gasteiger partial charge in [-0.15, -0.1) is 0 Å². The number of H-pyrrole nitrogens is 1. The Balaban J connectivity index is 1.52. The van der Waals surface area contributed by atoms with Crippen molar-refractivity contribution < 1.29 is 14.3 Å². The number of amidine groups is 1. The van der Waals surface area contributed by atoms with Crippen molar-refractivity contribution in [1.29, 1.82) is 5.41 Å². The molecule has 0 unspecified atom stereocenters. The molecule has 1 fully saturated rings. The van der Waals surface area contributed by atoms with E-state index >= 15 is 0 Å². The number of piperazine rings is 1. The Labute approximate surface area is 185 Å². The molecule has 2 aromatic heterocycles. The smallest absolute Gasteiger partial charge is 0.295 e. The van der Waals surface area contributed by atoms with Gasteiger partial charge in [-0.3, -0.25) is 15.0 Å². The summed E-state index contributed by atoms with van der Waals surface area (Å²) in [5.41, 5.74) is 8.28. The molecule has 0 aliphatic carbocycles. The largest absolute Gasteiger partial charge is 0.494 e. The first-order chi connectivity index (χ1) is 15.4. The van der Waals surface area contributed by atoms with Crippen LogP contribution in [0.2, 0.25) is 0 Å². The Morgan fingerprint density at radius 2 is 1.81 bits per heavy atom. The summed E-state index contributed by atoms with van der Waals surface area (Å²) in [6.07, 6.45) is 2.83. The number of methoxy groups -OCH3 is 1. The van der Waals surface area contributed by atoms with Crippen molar-refractivity contribution in [2.24, 2.45) is 5.73 Å². The predicted octanol–water partition coefficient (Wildman–Crippen LogP) is 1.85. The molecule has 1 saturated heterocycles. The quantitative estimate of drug-likeness (QED) is 0.236. The summed E-state index contributed by atoms with van der Waals surface area (Å²) in [5.74, 6) is -1.16. The van der Waals surface area contributed by atoms with E-state index in [4.69, 9.17) is 15.9 Å². The molecule has 1 amide bonds. The number of ketones is 1. The minimum atomic E-state index is -0.648. The summed E-state index contributed by atoms with van der Waals surface area (Å²) in [5, 5.41) is 8.10. The lowest BCUT2D eigenvalue weighted by Gasteiger charge is -2.36. The van der Waals surface area contributed by atoms with E-state index in [-0.39, 0.29) is 17.1 Å². The molecule has 0 spiro atoms. The summed E-state index contributed by atoms with van der Waals surface area (Å²) >= 11 is 0. The summed E-state index contributed by atoms with van der Waals surface area (Å²) in [4.78, 5) is 36.8. The second-order valence-corrected chi connectivity index (χ2v) is 7.46. The van der Waals surface area contributed by atoms with Crippen LogP contribution >= 0.6 is 0 Å². The average molecular weight is 432 g/mol. The zero-order chi connectivity index (χ0) is 22.8. The molecule has 0 saturated carbocycles. The zero-order valence-corrected chi connectivity index (χ0v) is 17.7. The third-order valence-electron chi connectivity index (χ3n) is 5.64. The van der Waals surface area contributed by atoms with E-state index in [0.717, 1.165) is 11.3 Å². The molecule has 4 N–H and O–H groups in total. The maximum atomic E-state index is 13.1. The number of hydrogen-bond donors (Lipinski definition) is 3. The SMILES string of the molecule is C=C(c1ccccc1)N1CCN(C(=O)C(=O)c2c[nH]c3c(C(=N)N)ncc(OC)c23)CC1. The number of nitrogens with one attached hydrogen (secondary N) is 2. The number of benzene rings is 1. The number of aromatic nitrogens is 2. The molecule has 164 valence electrons. The normalized spacial score (nSPS) is 13.8. The van der Waals surface area contributed by atoms with Gasteiger partial charge in [0.25, 0.3) is 11.7 Å². The highest BCUT2D eigenvalue weighted by Crippen LogP contribution is 2.30. The second kappa shape index (κ2) is 8.54. The maximum absolute atomic E-state index is 13.1. The van der Waals surface area contributed by atoms with E-state index in [9.17, 15) is 9.59 Å². The van der Waals surface area contributed by atoms with Crippen LogP contribution in [0.1, 0.15) is 21.6 Å². The lowest BCUT2D eigenvalue weighted by Crippen LogP contribution is -2.49. The van der Waals surface area contributed by atoms with Gasteiger partial charge < -0.3 is 25.3 Å². The van der Waals surface area contributed by atoms with Gasteiger partial charge in [0.05, 0.1) is 29.8 Å². The molecule has 3 heterocycles. The Hall–Kier alpha value is -4.14. The number of aromatic amines is 1. The van der Waals surface area contributed by atoms with Crippen LogP contribution in [0.25, 0.3) is 16.6 Å². The highest BCUT2D eigenvalue weighted by atomic mass is 16.5. The van der Waals surface area contributed by atoms with E-state index < -0.39 is 11.7 Å². The van der Waals surface area contributed by atoms with Crippen LogP contribution in [0.3, 0.4) is 0 Å². The number of carbonyl (C=O) groups is 2. The minimum Gasteiger partial charge on any atom is -0.494 e. The number of nitrogens with two attached hydrogens (primary N) is 1. The third kappa shape index (κ3) is 3.68. The first kappa shape index (κ1) is 21.1. The first-order valence-electron chi connectivity index (χ1n) is 10.1. The average Bonchev–Trinajstić information content (AvgIpc) is 3.28. The standard InChI is InChI=1S/C23H24N6O3/c1-14(15-6-4-3-5-7-15)28-8-10-29(11-9-28)23(31)21(30)16-12-26-19-18(16)17(32-2)13-27-20(19)22(24)25/h3-7,12-13,26H,1,8-11H2,2H3,(H3,24,25). The molecule has 32 heavy (non-hydrogen) atoms. The Kier molecular flexibility index (Phi) is 5.63.